The summed E-state index contributed by atoms with van der Waals surface area (Å²) in [6, 6.07) is 8.14. The first-order valence-electron chi connectivity index (χ1n) is 5.19. The number of rotatable bonds is 3. The Kier molecular flexibility index (Phi) is 3.41. The molecule has 2 rings (SSSR count). The van der Waals surface area contributed by atoms with Crippen LogP contribution < -0.4 is 5.73 Å². The van der Waals surface area contributed by atoms with Crippen molar-refractivity contribution in [1.29, 1.82) is 0 Å². The predicted molar refractivity (Wildman–Crippen MR) is 69.1 cm³/mol. The van der Waals surface area contributed by atoms with Crippen LogP contribution >= 0.6 is 15.9 Å². The van der Waals surface area contributed by atoms with E-state index in [1.54, 1.807) is 0 Å². The molecule has 2 aromatic rings. The second-order valence-electron chi connectivity index (χ2n) is 3.72. The lowest BCUT2D eigenvalue weighted by Gasteiger charge is -2.01. The van der Waals surface area contributed by atoms with Crippen molar-refractivity contribution >= 4 is 15.9 Å². The van der Waals surface area contributed by atoms with Gasteiger partial charge in [-0.05, 0) is 18.7 Å². The summed E-state index contributed by atoms with van der Waals surface area (Å²) in [4.78, 5) is 4.57. The summed E-state index contributed by atoms with van der Waals surface area (Å²) >= 11 is 3.46. The van der Waals surface area contributed by atoms with Gasteiger partial charge in [-0.25, -0.2) is 4.98 Å². The second kappa shape index (κ2) is 4.80. The van der Waals surface area contributed by atoms with Crippen molar-refractivity contribution in [2.75, 3.05) is 6.54 Å². The molecule has 0 fully saturated rings. The average molecular weight is 280 g/mol. The smallest absolute Gasteiger partial charge is 0.140 e. The van der Waals surface area contributed by atoms with Gasteiger partial charge in [-0.3, -0.25) is 0 Å². The number of halogens is 1. The Labute approximate surface area is 103 Å². The molecule has 1 heterocycles. The Hall–Kier alpha value is -1.13. The van der Waals surface area contributed by atoms with Gasteiger partial charge in [0.15, 0.2) is 0 Å². The van der Waals surface area contributed by atoms with E-state index in [0.29, 0.717) is 6.54 Å². The summed E-state index contributed by atoms with van der Waals surface area (Å²) in [6.45, 7) is 0.634. The molecule has 0 saturated carbocycles. The minimum Gasteiger partial charge on any atom is -0.334 e. The molecule has 0 aliphatic heterocycles. The fraction of sp³-hybridized carbons (Fsp3) is 0.250. The van der Waals surface area contributed by atoms with E-state index in [1.165, 1.54) is 0 Å². The maximum absolute atomic E-state index is 5.53. The van der Waals surface area contributed by atoms with E-state index in [4.69, 9.17) is 5.73 Å². The van der Waals surface area contributed by atoms with Gasteiger partial charge in [-0.1, -0.05) is 28.1 Å². The van der Waals surface area contributed by atoms with Crippen LogP contribution in [0, 0.1) is 0 Å². The van der Waals surface area contributed by atoms with Crippen LogP contribution in [0.1, 0.15) is 5.69 Å². The third-order valence-corrected chi connectivity index (χ3v) is 2.90. The van der Waals surface area contributed by atoms with Gasteiger partial charge in [-0.15, -0.1) is 0 Å². The Morgan fingerprint density at radius 3 is 2.94 bits per heavy atom. The van der Waals surface area contributed by atoms with Crippen molar-refractivity contribution in [3.63, 3.8) is 0 Å². The van der Waals surface area contributed by atoms with Gasteiger partial charge in [0.1, 0.15) is 5.82 Å². The molecule has 0 bridgehead atoms. The number of nitrogens with two attached hydrogens (primary N) is 1. The van der Waals surface area contributed by atoms with Crippen molar-refractivity contribution in [2.45, 2.75) is 6.42 Å². The maximum atomic E-state index is 5.53. The first kappa shape index (κ1) is 11.4. The van der Waals surface area contributed by atoms with Crippen LogP contribution in [-0.2, 0) is 13.5 Å². The Morgan fingerprint density at radius 1 is 1.44 bits per heavy atom. The number of benzene rings is 1. The molecule has 3 nitrogen and oxygen atoms in total. The third-order valence-electron chi connectivity index (χ3n) is 2.41. The van der Waals surface area contributed by atoms with Gasteiger partial charge in [0.25, 0.3) is 0 Å². The Morgan fingerprint density at radius 2 is 2.25 bits per heavy atom. The highest BCUT2D eigenvalue weighted by atomic mass is 79.9. The summed E-state index contributed by atoms with van der Waals surface area (Å²) in [6.07, 6.45) is 2.85. The van der Waals surface area contributed by atoms with Crippen molar-refractivity contribution < 1.29 is 0 Å². The molecule has 0 amide bonds. The summed E-state index contributed by atoms with van der Waals surface area (Å²) in [5.74, 6) is 0.977. The normalized spacial score (nSPS) is 10.7. The van der Waals surface area contributed by atoms with Crippen LogP contribution in [0.2, 0.25) is 0 Å². The van der Waals surface area contributed by atoms with Gasteiger partial charge in [-0.2, -0.15) is 0 Å². The molecule has 84 valence electrons. The standard InChI is InChI=1S/C12H14BrN3/c1-16-8-11(5-6-14)15-12(16)9-3-2-4-10(13)7-9/h2-4,7-8H,5-6,14H2,1H3. The van der Waals surface area contributed by atoms with E-state index in [-0.39, 0.29) is 0 Å². The third kappa shape index (κ3) is 2.33. The van der Waals surface area contributed by atoms with E-state index in [1.807, 2.05) is 29.9 Å². The van der Waals surface area contributed by atoms with Crippen molar-refractivity contribution in [3.8, 4) is 11.4 Å². The fourth-order valence-electron chi connectivity index (χ4n) is 1.69. The summed E-state index contributed by atoms with van der Waals surface area (Å²) < 4.78 is 3.10. The van der Waals surface area contributed by atoms with Gasteiger partial charge in [0.2, 0.25) is 0 Å². The molecule has 0 radical (unpaired) electrons. The zero-order chi connectivity index (χ0) is 11.5. The number of hydrogen-bond acceptors (Lipinski definition) is 2. The SMILES string of the molecule is Cn1cc(CCN)nc1-c1cccc(Br)c1. The van der Waals surface area contributed by atoms with Crippen LogP contribution in [0.3, 0.4) is 0 Å². The lowest BCUT2D eigenvalue weighted by atomic mass is 10.2. The molecule has 2 N–H and O–H groups in total. The monoisotopic (exact) mass is 279 g/mol. The number of imidazole rings is 1. The number of aryl methyl sites for hydroxylation is 1. The van der Waals surface area contributed by atoms with Gasteiger partial charge >= 0.3 is 0 Å². The number of nitrogens with zero attached hydrogens (tertiary/aromatic N) is 2. The number of hydrogen-bond donors (Lipinski definition) is 1. The second-order valence-corrected chi connectivity index (χ2v) is 4.63. The van der Waals surface area contributed by atoms with Gasteiger partial charge < -0.3 is 10.3 Å². The topological polar surface area (TPSA) is 43.8 Å². The maximum Gasteiger partial charge on any atom is 0.140 e. The Balaban J connectivity index is 2.40. The summed E-state index contributed by atoms with van der Waals surface area (Å²) in [5, 5.41) is 0. The van der Waals surface area contributed by atoms with Crippen LogP contribution in [0.15, 0.2) is 34.9 Å². The average Bonchev–Trinajstić information content (AvgIpc) is 2.60. The summed E-state index contributed by atoms with van der Waals surface area (Å²) in [7, 11) is 2.00. The molecular formula is C12H14BrN3. The molecule has 0 aliphatic rings. The molecule has 0 saturated heterocycles. The number of aromatic nitrogens is 2. The first-order chi connectivity index (χ1) is 7.70. The van der Waals surface area contributed by atoms with Crippen LogP contribution in [-0.4, -0.2) is 16.1 Å². The molecule has 0 aliphatic carbocycles. The lowest BCUT2D eigenvalue weighted by Crippen LogP contribution is -2.02. The Bertz CT molecular complexity index is 491. The van der Waals surface area contributed by atoms with E-state index in [2.05, 4.69) is 33.0 Å². The fourth-order valence-corrected chi connectivity index (χ4v) is 2.09. The lowest BCUT2D eigenvalue weighted by molar-refractivity contribution is 0.912. The molecule has 0 spiro atoms. The highest BCUT2D eigenvalue weighted by molar-refractivity contribution is 9.10. The molecule has 1 aromatic heterocycles. The minimum atomic E-state index is 0.634. The largest absolute Gasteiger partial charge is 0.334 e. The zero-order valence-corrected chi connectivity index (χ0v) is 10.7. The predicted octanol–water partition coefficient (Wildman–Crippen LogP) is 2.35. The van der Waals surface area contributed by atoms with Crippen LogP contribution in [0.5, 0.6) is 0 Å². The van der Waals surface area contributed by atoms with Crippen molar-refractivity contribution in [1.82, 2.24) is 9.55 Å². The van der Waals surface area contributed by atoms with Gasteiger partial charge in [0, 0.05) is 29.7 Å². The van der Waals surface area contributed by atoms with Crippen molar-refractivity contribution in [3.05, 3.63) is 40.6 Å². The summed E-state index contributed by atoms with van der Waals surface area (Å²) in [5.41, 5.74) is 7.68. The quantitative estimate of drug-likeness (QED) is 0.938. The van der Waals surface area contributed by atoms with E-state index >= 15 is 0 Å². The molecule has 4 heteroatoms. The van der Waals surface area contributed by atoms with Crippen molar-refractivity contribution in [2.24, 2.45) is 12.8 Å². The highest BCUT2D eigenvalue weighted by Crippen LogP contribution is 2.21. The minimum absolute atomic E-state index is 0.634. The van der Waals surface area contributed by atoms with E-state index in [9.17, 15) is 0 Å². The molecule has 0 unspecified atom stereocenters. The molecular weight excluding hydrogens is 266 g/mol. The highest BCUT2D eigenvalue weighted by Gasteiger charge is 2.07. The first-order valence-corrected chi connectivity index (χ1v) is 5.98. The van der Waals surface area contributed by atoms with E-state index in [0.717, 1.165) is 28.0 Å². The van der Waals surface area contributed by atoms with Crippen LogP contribution in [0.4, 0.5) is 0 Å². The van der Waals surface area contributed by atoms with Gasteiger partial charge in [0.05, 0.1) is 5.69 Å². The van der Waals surface area contributed by atoms with Crippen LogP contribution in [0.25, 0.3) is 11.4 Å². The van der Waals surface area contributed by atoms with E-state index < -0.39 is 0 Å². The molecule has 0 atom stereocenters. The zero-order valence-electron chi connectivity index (χ0n) is 9.15. The molecule has 1 aromatic carbocycles. The molecule has 16 heavy (non-hydrogen) atoms.